The topological polar surface area (TPSA) is 78.4 Å². The summed E-state index contributed by atoms with van der Waals surface area (Å²) in [5.74, 6) is -0.876. The molecular formula is C22H27FN4O3. The minimum atomic E-state index is -0.558. The van der Waals surface area contributed by atoms with Crippen LogP contribution in [0.1, 0.15) is 46.9 Å². The molecule has 2 aliphatic rings. The van der Waals surface area contributed by atoms with Gasteiger partial charge in [-0.15, -0.1) is 0 Å². The van der Waals surface area contributed by atoms with Gasteiger partial charge in [-0.05, 0) is 49.9 Å². The smallest absolute Gasteiger partial charge is 0.328 e. The summed E-state index contributed by atoms with van der Waals surface area (Å²) >= 11 is 0. The van der Waals surface area contributed by atoms with Crippen molar-refractivity contribution in [1.82, 2.24) is 19.4 Å². The van der Waals surface area contributed by atoms with Crippen molar-refractivity contribution in [3.05, 3.63) is 67.2 Å². The fourth-order valence-electron chi connectivity index (χ4n) is 4.42. The van der Waals surface area contributed by atoms with Crippen LogP contribution in [0.25, 0.3) is 0 Å². The number of halogens is 1. The lowest BCUT2D eigenvalue weighted by Gasteiger charge is -2.34. The van der Waals surface area contributed by atoms with Crippen molar-refractivity contribution in [2.75, 3.05) is 32.7 Å². The molecule has 1 N–H and O–H groups in total. The SMILES string of the molecule is CCN1CCN(C(=O)c2cc(Cn3c4c(c(=O)[nH]c3=O)CCCC4)ccc2F)CC1. The van der Waals surface area contributed by atoms with Gasteiger partial charge >= 0.3 is 5.69 Å². The number of H-pyrrole nitrogens is 1. The normalized spacial score (nSPS) is 17.1. The van der Waals surface area contributed by atoms with E-state index in [0.717, 1.165) is 38.2 Å². The summed E-state index contributed by atoms with van der Waals surface area (Å²) in [5.41, 5.74) is 1.33. The van der Waals surface area contributed by atoms with Gasteiger partial charge in [0.1, 0.15) is 5.82 Å². The molecule has 8 heteroatoms. The Morgan fingerprint density at radius 1 is 1.10 bits per heavy atom. The van der Waals surface area contributed by atoms with E-state index in [0.29, 0.717) is 37.1 Å². The Morgan fingerprint density at radius 3 is 2.57 bits per heavy atom. The summed E-state index contributed by atoms with van der Waals surface area (Å²) < 4.78 is 16.0. The van der Waals surface area contributed by atoms with Crippen LogP contribution < -0.4 is 11.2 Å². The van der Waals surface area contributed by atoms with Crippen molar-refractivity contribution in [2.24, 2.45) is 0 Å². The van der Waals surface area contributed by atoms with Crippen LogP contribution in [0, 0.1) is 5.82 Å². The highest BCUT2D eigenvalue weighted by Gasteiger charge is 2.24. The van der Waals surface area contributed by atoms with Crippen molar-refractivity contribution in [1.29, 1.82) is 0 Å². The Balaban J connectivity index is 1.61. The van der Waals surface area contributed by atoms with Crippen LogP contribution in [0.2, 0.25) is 0 Å². The van der Waals surface area contributed by atoms with Gasteiger partial charge in [0.05, 0.1) is 12.1 Å². The van der Waals surface area contributed by atoms with E-state index in [-0.39, 0.29) is 23.6 Å². The Bertz CT molecular complexity index is 1070. The highest BCUT2D eigenvalue weighted by molar-refractivity contribution is 5.94. The van der Waals surface area contributed by atoms with Crippen LogP contribution in [0.4, 0.5) is 4.39 Å². The van der Waals surface area contributed by atoms with E-state index < -0.39 is 11.5 Å². The molecule has 1 saturated heterocycles. The van der Waals surface area contributed by atoms with Crippen LogP contribution in [0.3, 0.4) is 0 Å². The zero-order valence-electron chi connectivity index (χ0n) is 17.2. The molecule has 0 radical (unpaired) electrons. The van der Waals surface area contributed by atoms with E-state index in [1.54, 1.807) is 15.5 Å². The molecule has 1 aliphatic heterocycles. The number of amides is 1. The van der Waals surface area contributed by atoms with E-state index in [1.807, 2.05) is 0 Å². The molecule has 0 bridgehead atoms. The quantitative estimate of drug-likeness (QED) is 0.820. The van der Waals surface area contributed by atoms with Gasteiger partial charge in [-0.3, -0.25) is 19.1 Å². The molecular weight excluding hydrogens is 387 g/mol. The average molecular weight is 414 g/mol. The molecule has 30 heavy (non-hydrogen) atoms. The Morgan fingerprint density at radius 2 is 1.83 bits per heavy atom. The van der Waals surface area contributed by atoms with E-state index >= 15 is 0 Å². The summed E-state index contributed by atoms with van der Waals surface area (Å²) in [6.45, 7) is 5.92. The maximum Gasteiger partial charge on any atom is 0.328 e. The number of benzene rings is 1. The third-order valence-corrected chi connectivity index (χ3v) is 6.21. The lowest BCUT2D eigenvalue weighted by molar-refractivity contribution is 0.0638. The minimum Gasteiger partial charge on any atom is -0.336 e. The lowest BCUT2D eigenvalue weighted by Crippen LogP contribution is -2.48. The fourth-order valence-corrected chi connectivity index (χ4v) is 4.42. The van der Waals surface area contributed by atoms with E-state index in [2.05, 4.69) is 16.8 Å². The predicted octanol–water partition coefficient (Wildman–Crippen LogP) is 1.38. The summed E-state index contributed by atoms with van der Waals surface area (Å²) in [5, 5.41) is 0. The van der Waals surface area contributed by atoms with Crippen LogP contribution in [-0.4, -0.2) is 58.0 Å². The number of aromatic amines is 1. The first-order valence-corrected chi connectivity index (χ1v) is 10.6. The summed E-state index contributed by atoms with van der Waals surface area (Å²) in [6, 6.07) is 4.42. The highest BCUT2D eigenvalue weighted by atomic mass is 19.1. The number of carbonyl (C=O) groups excluding carboxylic acids is 1. The van der Waals surface area contributed by atoms with Gasteiger partial charge in [-0.1, -0.05) is 13.0 Å². The van der Waals surface area contributed by atoms with Crippen molar-refractivity contribution in [3.8, 4) is 0 Å². The van der Waals surface area contributed by atoms with Crippen LogP contribution in [-0.2, 0) is 19.4 Å². The molecule has 1 amide bonds. The Labute approximate surface area is 174 Å². The average Bonchev–Trinajstić information content (AvgIpc) is 2.77. The maximum absolute atomic E-state index is 14.5. The number of hydrogen-bond acceptors (Lipinski definition) is 4. The zero-order chi connectivity index (χ0) is 21.3. The van der Waals surface area contributed by atoms with Gasteiger partial charge in [-0.2, -0.15) is 0 Å². The first-order valence-electron chi connectivity index (χ1n) is 10.6. The molecule has 0 atom stereocenters. The number of likely N-dealkylation sites (N-methyl/N-ethyl adjacent to an activating group) is 1. The van der Waals surface area contributed by atoms with Crippen molar-refractivity contribution in [2.45, 2.75) is 39.2 Å². The molecule has 1 aromatic carbocycles. The van der Waals surface area contributed by atoms with Crippen LogP contribution in [0.5, 0.6) is 0 Å². The summed E-state index contributed by atoms with van der Waals surface area (Å²) in [6.07, 6.45) is 3.17. The first kappa shape index (κ1) is 20.5. The second kappa shape index (κ2) is 8.55. The predicted molar refractivity (Wildman–Crippen MR) is 111 cm³/mol. The lowest BCUT2D eigenvalue weighted by atomic mass is 9.96. The fraction of sp³-hybridized carbons (Fsp3) is 0.500. The summed E-state index contributed by atoms with van der Waals surface area (Å²) in [7, 11) is 0. The van der Waals surface area contributed by atoms with Gasteiger partial charge in [0.15, 0.2) is 0 Å². The van der Waals surface area contributed by atoms with Crippen molar-refractivity contribution >= 4 is 5.91 Å². The van der Waals surface area contributed by atoms with Crippen molar-refractivity contribution in [3.63, 3.8) is 0 Å². The first-order chi connectivity index (χ1) is 14.5. The van der Waals surface area contributed by atoms with Gasteiger partial charge in [0.2, 0.25) is 0 Å². The minimum absolute atomic E-state index is 0.0313. The van der Waals surface area contributed by atoms with Gasteiger partial charge < -0.3 is 9.80 Å². The third-order valence-electron chi connectivity index (χ3n) is 6.21. The monoisotopic (exact) mass is 414 g/mol. The van der Waals surface area contributed by atoms with Crippen LogP contribution >= 0.6 is 0 Å². The number of nitrogens with one attached hydrogen (secondary N) is 1. The second-order valence-electron chi connectivity index (χ2n) is 8.02. The number of carbonyl (C=O) groups is 1. The molecule has 1 aliphatic carbocycles. The maximum atomic E-state index is 14.5. The van der Waals surface area contributed by atoms with Gasteiger partial charge in [0.25, 0.3) is 11.5 Å². The molecule has 0 saturated carbocycles. The zero-order valence-corrected chi connectivity index (χ0v) is 17.2. The number of piperazine rings is 1. The Hall–Kier alpha value is -2.74. The van der Waals surface area contributed by atoms with Crippen molar-refractivity contribution < 1.29 is 9.18 Å². The highest BCUT2D eigenvalue weighted by Crippen LogP contribution is 2.19. The van der Waals surface area contributed by atoms with Gasteiger partial charge in [-0.25, -0.2) is 9.18 Å². The summed E-state index contributed by atoms with van der Waals surface area (Å²) in [4.78, 5) is 43.8. The molecule has 1 aromatic heterocycles. The molecule has 160 valence electrons. The molecule has 2 aromatic rings. The largest absolute Gasteiger partial charge is 0.336 e. The molecule has 7 nitrogen and oxygen atoms in total. The molecule has 4 rings (SSSR count). The van der Waals surface area contributed by atoms with E-state index in [4.69, 9.17) is 0 Å². The number of fused-ring (bicyclic) bond motifs is 1. The van der Waals surface area contributed by atoms with Gasteiger partial charge in [0, 0.05) is 37.4 Å². The Kier molecular flexibility index (Phi) is 5.85. The third kappa shape index (κ3) is 3.96. The second-order valence-corrected chi connectivity index (χ2v) is 8.02. The number of nitrogens with zero attached hydrogens (tertiary/aromatic N) is 3. The number of hydrogen-bond donors (Lipinski definition) is 1. The van der Waals surface area contributed by atoms with E-state index in [1.165, 1.54) is 12.1 Å². The number of aromatic nitrogens is 2. The molecule has 2 heterocycles. The molecule has 0 spiro atoms. The van der Waals surface area contributed by atoms with E-state index in [9.17, 15) is 18.8 Å². The van der Waals surface area contributed by atoms with Crippen LogP contribution in [0.15, 0.2) is 27.8 Å². The standard InChI is InChI=1S/C22H27FN4O3/c1-2-25-9-11-26(12-10-25)21(29)17-13-15(7-8-18(17)23)14-27-19-6-4-3-5-16(19)20(28)24-22(27)30/h7-8,13H,2-6,9-12,14H2,1H3,(H,24,28,30). The molecule has 0 unspecified atom stereocenters. The number of rotatable bonds is 4. The molecule has 1 fully saturated rings.